The molecule has 1 aromatic rings. The quantitative estimate of drug-likeness (QED) is 0.0481. The third-order valence-electron chi connectivity index (χ3n) is 7.55. The van der Waals surface area contributed by atoms with Crippen LogP contribution in [0.1, 0.15) is 71.5 Å². The number of rotatable bonds is 18. The highest BCUT2D eigenvalue weighted by atomic mass is 35.6. The van der Waals surface area contributed by atoms with Gasteiger partial charge in [-0.05, 0) is 55.9 Å². The van der Waals surface area contributed by atoms with E-state index in [2.05, 4.69) is 23.1 Å². The lowest BCUT2D eigenvalue weighted by atomic mass is 9.69. The van der Waals surface area contributed by atoms with Crippen molar-refractivity contribution in [3.8, 4) is 0 Å². The Kier molecular flexibility index (Phi) is 20.3. The van der Waals surface area contributed by atoms with Crippen molar-refractivity contribution in [3.05, 3.63) is 58.8 Å². The van der Waals surface area contributed by atoms with Crippen LogP contribution < -0.4 is 0 Å². The van der Waals surface area contributed by atoms with E-state index in [0.717, 1.165) is 5.01 Å². The molecule has 15 heteroatoms. The highest BCUT2D eigenvalue weighted by molar-refractivity contribution is 7.09. The molecule has 0 aliphatic rings. The van der Waals surface area contributed by atoms with Crippen molar-refractivity contribution < 1.29 is 47.2 Å². The molecule has 0 N–H and O–H groups in total. The number of allylic oxidation sites excluding steroid dienone is 2. The van der Waals surface area contributed by atoms with Gasteiger partial charge in [0, 0.05) is 37.3 Å². The molecule has 0 spiro atoms. The fraction of sp³-hybridized carbons (Fsp3) is 0.562. The van der Waals surface area contributed by atoms with Gasteiger partial charge in [-0.25, -0.2) is 9.78 Å². The molecule has 0 amide bonds. The standard InChI is InChI=1S/C32H43Cl3FNO7S.F2/c1-10-12-19(3)28(43-30(40)41-18-32(33,34)35)22(6)29(39)31(8,9)21(5)16-27(38)42-26(14-13-25(11-2)44-36)20(4)15-24-17-45-23(7)37-24;1-2/h10-11,13,15,17,19,21-22,26,28H,1-2,12,14,16,18H2,3-9H3;/b20-15+,25-13+;/t19-,21-,22+,26-,28-;/m0./s1. The number of halogens is 6. The van der Waals surface area contributed by atoms with Gasteiger partial charge in [-0.1, -0.05) is 82.1 Å². The molecule has 0 aliphatic carbocycles. The summed E-state index contributed by atoms with van der Waals surface area (Å²) in [4.78, 5) is 47.7. The smallest absolute Gasteiger partial charge is 0.457 e. The molecular weight excluding hydrogens is 706 g/mol. The molecule has 0 saturated heterocycles. The van der Waals surface area contributed by atoms with Crippen LogP contribution in [0.25, 0.3) is 6.08 Å². The van der Waals surface area contributed by atoms with Gasteiger partial charge in [-0.3, -0.25) is 14.5 Å². The molecule has 1 rings (SSSR count). The zero-order valence-electron chi connectivity index (χ0n) is 27.5. The van der Waals surface area contributed by atoms with Crippen molar-refractivity contribution in [1.82, 2.24) is 4.98 Å². The monoisotopic (exact) mass is 747 g/mol. The Bertz CT molecular complexity index is 1250. The number of thiazole rings is 1. The number of hydrogen-bond donors (Lipinski definition) is 0. The molecule has 0 aromatic carbocycles. The van der Waals surface area contributed by atoms with Gasteiger partial charge >= 0.3 is 12.1 Å². The van der Waals surface area contributed by atoms with Gasteiger partial charge in [0.2, 0.25) is 3.79 Å². The molecule has 1 aromatic heterocycles. The zero-order chi connectivity index (χ0) is 36.5. The minimum Gasteiger partial charge on any atom is -0.457 e. The minimum atomic E-state index is -1.83. The van der Waals surface area contributed by atoms with E-state index in [1.54, 1.807) is 46.8 Å². The van der Waals surface area contributed by atoms with Gasteiger partial charge in [0.05, 0.1) is 16.6 Å². The van der Waals surface area contributed by atoms with E-state index in [0.29, 0.717) is 17.7 Å². The van der Waals surface area contributed by atoms with Crippen LogP contribution >= 0.6 is 46.1 Å². The summed E-state index contributed by atoms with van der Waals surface area (Å²) in [5.41, 5.74) is 0.353. The Balaban J connectivity index is 0.0000104. The van der Waals surface area contributed by atoms with E-state index in [4.69, 9.17) is 58.2 Å². The van der Waals surface area contributed by atoms with Crippen molar-refractivity contribution in [1.29, 1.82) is 0 Å². The summed E-state index contributed by atoms with van der Waals surface area (Å²) in [6.45, 7) is 19.1. The first-order valence-electron chi connectivity index (χ1n) is 14.5. The Morgan fingerprint density at radius 3 is 2.19 bits per heavy atom. The van der Waals surface area contributed by atoms with Gasteiger partial charge < -0.3 is 14.2 Å². The first-order valence-corrected chi connectivity index (χ1v) is 16.5. The number of ketones is 1. The molecule has 0 saturated carbocycles. The Morgan fingerprint density at radius 1 is 1.09 bits per heavy atom. The van der Waals surface area contributed by atoms with Gasteiger partial charge in [0.25, 0.3) is 0 Å². The first kappa shape index (κ1) is 44.5. The molecule has 0 fully saturated rings. The fourth-order valence-corrected chi connectivity index (χ4v) is 5.29. The molecule has 47 heavy (non-hydrogen) atoms. The van der Waals surface area contributed by atoms with E-state index >= 15 is 0 Å². The largest absolute Gasteiger partial charge is 0.508 e. The van der Waals surface area contributed by atoms with Crippen LogP contribution in [0.4, 0.5) is 18.5 Å². The number of nitrogens with zero attached hydrogens (tertiary/aromatic N) is 1. The van der Waals surface area contributed by atoms with Crippen LogP contribution in [0.2, 0.25) is 0 Å². The summed E-state index contributed by atoms with van der Waals surface area (Å²) in [7, 11) is 0. The van der Waals surface area contributed by atoms with E-state index in [1.165, 1.54) is 23.5 Å². The molecule has 0 bridgehead atoms. The number of ether oxygens (including phenoxy) is 3. The summed E-state index contributed by atoms with van der Waals surface area (Å²) in [6.07, 6.45) is 3.83. The van der Waals surface area contributed by atoms with E-state index in [9.17, 15) is 18.9 Å². The van der Waals surface area contributed by atoms with Crippen LogP contribution in [0.15, 0.2) is 48.1 Å². The summed E-state index contributed by atoms with van der Waals surface area (Å²) >= 11 is 18.5. The molecule has 0 aliphatic heterocycles. The average Bonchev–Trinajstić information content (AvgIpc) is 3.42. The zero-order valence-corrected chi connectivity index (χ0v) is 30.6. The summed E-state index contributed by atoms with van der Waals surface area (Å²) in [5, 5.41) is 2.75. The number of Topliss-reactive ketones (excluding diaryl/α,β-unsaturated/α-hetero) is 1. The molecule has 0 radical (unpaired) electrons. The third kappa shape index (κ3) is 15.9. The highest BCUT2D eigenvalue weighted by Gasteiger charge is 2.43. The molecule has 5 atom stereocenters. The van der Waals surface area contributed by atoms with E-state index in [-0.39, 0.29) is 30.3 Å². The lowest BCUT2D eigenvalue weighted by molar-refractivity contribution is -0.150. The second-order valence-corrected chi connectivity index (χ2v) is 15.1. The number of hydrogen-bond acceptors (Lipinski definition) is 9. The predicted octanol–water partition coefficient (Wildman–Crippen LogP) is 10.3. The minimum absolute atomic E-state index is 0.0955. The molecule has 1 heterocycles. The molecule has 8 nitrogen and oxygen atoms in total. The SMILES string of the molecule is C=CC[C@H](C)[C@H](OC(=O)OCC(Cl)(Cl)Cl)[C@@H](C)C(=O)C(C)(C)[C@@H](C)CC(=O)O[C@@H](C/C=C(\C=C)OF)/C(C)=C/c1csc(C)n1.FF. The number of aryl methyl sites for hydroxylation is 1. The average molecular weight is 749 g/mol. The summed E-state index contributed by atoms with van der Waals surface area (Å²) < 4.78 is 43.3. The van der Waals surface area contributed by atoms with Crippen LogP contribution in [0, 0.1) is 30.1 Å². The third-order valence-corrected chi connectivity index (χ3v) is 8.67. The number of carbonyl (C=O) groups is 3. The van der Waals surface area contributed by atoms with Gasteiger partial charge in [0.1, 0.15) is 24.6 Å². The Hall–Kier alpha value is -2.54. The Morgan fingerprint density at radius 2 is 1.70 bits per heavy atom. The maximum Gasteiger partial charge on any atom is 0.508 e. The van der Waals surface area contributed by atoms with Crippen molar-refractivity contribution in [3.63, 3.8) is 0 Å². The van der Waals surface area contributed by atoms with Crippen LogP contribution in [-0.4, -0.2) is 45.5 Å². The van der Waals surface area contributed by atoms with Crippen LogP contribution in [0.3, 0.4) is 0 Å². The maximum absolute atomic E-state index is 13.9. The number of alkyl halides is 3. The number of esters is 1. The van der Waals surface area contributed by atoms with Gasteiger partial charge in [-0.15, -0.1) is 17.9 Å². The summed E-state index contributed by atoms with van der Waals surface area (Å²) in [5.74, 6) is -2.45. The normalized spacial score (nSPS) is 15.5. The first-order chi connectivity index (χ1) is 21.9. The lowest BCUT2D eigenvalue weighted by Crippen LogP contribution is -2.44. The molecular formula is C32H43Cl3F3NO7S. The lowest BCUT2D eigenvalue weighted by Gasteiger charge is -2.36. The van der Waals surface area contributed by atoms with Crippen molar-refractivity contribution in [2.45, 2.75) is 83.7 Å². The maximum atomic E-state index is 13.9. The molecule has 0 unspecified atom stereocenters. The highest BCUT2D eigenvalue weighted by Crippen LogP contribution is 2.37. The topological polar surface area (TPSA) is 101 Å². The fourth-order valence-electron chi connectivity index (χ4n) is 4.55. The van der Waals surface area contributed by atoms with Crippen molar-refractivity contribution >= 4 is 70.1 Å². The van der Waals surface area contributed by atoms with Crippen LogP contribution in [0.5, 0.6) is 0 Å². The van der Waals surface area contributed by atoms with E-state index < -0.39 is 52.0 Å². The van der Waals surface area contributed by atoms with Crippen molar-refractivity contribution in [2.24, 2.45) is 23.2 Å². The second kappa shape index (κ2) is 21.4. The van der Waals surface area contributed by atoms with Crippen molar-refractivity contribution in [2.75, 3.05) is 6.61 Å². The predicted molar refractivity (Wildman–Crippen MR) is 180 cm³/mol. The van der Waals surface area contributed by atoms with E-state index in [1.807, 2.05) is 19.2 Å². The second-order valence-electron chi connectivity index (χ2n) is 11.5. The van der Waals surface area contributed by atoms with Gasteiger partial charge in [0.15, 0.2) is 5.76 Å². The Labute approximate surface area is 293 Å². The molecule has 266 valence electrons. The summed E-state index contributed by atoms with van der Waals surface area (Å²) in [6, 6.07) is 0. The van der Waals surface area contributed by atoms with Crippen LogP contribution in [-0.2, 0) is 28.7 Å². The number of carbonyl (C=O) groups excluding carboxylic acids is 3. The van der Waals surface area contributed by atoms with Gasteiger partial charge in [-0.2, -0.15) is 0 Å². The number of aromatic nitrogens is 1.